The Morgan fingerprint density at radius 1 is 1.36 bits per heavy atom. The summed E-state index contributed by atoms with van der Waals surface area (Å²) in [5, 5.41) is 19.1. The van der Waals surface area contributed by atoms with E-state index in [0.29, 0.717) is 6.42 Å². The van der Waals surface area contributed by atoms with E-state index in [9.17, 15) is 0 Å². The van der Waals surface area contributed by atoms with Gasteiger partial charge in [0.25, 0.3) is 0 Å². The van der Waals surface area contributed by atoms with E-state index in [-0.39, 0.29) is 6.73 Å². The van der Waals surface area contributed by atoms with Crippen molar-refractivity contribution in [2.45, 2.75) is 19.6 Å². The zero-order chi connectivity index (χ0) is 9.70. The molecule has 0 aliphatic rings. The fourth-order valence-corrected chi connectivity index (χ4v) is 0.250. The highest BCUT2D eigenvalue weighted by atomic mass is 16.3. The van der Waals surface area contributed by atoms with Crippen molar-refractivity contribution in [1.29, 1.82) is 0 Å². The summed E-state index contributed by atoms with van der Waals surface area (Å²) < 4.78 is 0. The third kappa shape index (κ3) is 27.0. The molecule has 0 amide bonds. The van der Waals surface area contributed by atoms with Gasteiger partial charge in [-0.15, -0.1) is 0 Å². The average molecular weight is 165 g/mol. The number of nitrogens with one attached hydrogen (secondary N) is 1. The maximum absolute atomic E-state index is 8.59. The van der Waals surface area contributed by atoms with Crippen LogP contribution in [0.4, 0.5) is 0 Å². The van der Waals surface area contributed by atoms with Gasteiger partial charge in [-0.25, -0.2) is 0 Å². The van der Waals surface area contributed by atoms with Crippen LogP contribution in [0.2, 0.25) is 0 Å². The van der Waals surface area contributed by atoms with E-state index in [1.807, 2.05) is 20.5 Å². The predicted molar refractivity (Wildman–Crippen MR) is 40.8 cm³/mol. The van der Waals surface area contributed by atoms with E-state index in [1.54, 1.807) is 0 Å². The molecular formula is C6H15NO4. The lowest BCUT2D eigenvalue weighted by Crippen LogP contribution is -2.28. The fraction of sp³-hybridized carbons (Fsp3) is 0.667. The number of carbonyl (C=O) groups excluding carboxylic acids is 2. The standard InChI is InChI=1S/C4H11NO2.2CH2O/c1-2-4(7)5-3-6;2*1-2/h4-7H,2-3H2,1H3;2*1H2. The Kier molecular flexibility index (Phi) is 34.6. The van der Waals surface area contributed by atoms with Gasteiger partial charge in [-0.2, -0.15) is 0 Å². The van der Waals surface area contributed by atoms with Crippen LogP contribution in [-0.4, -0.2) is 36.7 Å². The Morgan fingerprint density at radius 3 is 1.82 bits per heavy atom. The SMILES string of the molecule is C=O.C=O.CCC(O)NCO. The summed E-state index contributed by atoms with van der Waals surface area (Å²) in [7, 11) is 0. The van der Waals surface area contributed by atoms with E-state index in [4.69, 9.17) is 19.8 Å². The van der Waals surface area contributed by atoms with Crippen molar-refractivity contribution in [2.75, 3.05) is 6.73 Å². The molecular weight excluding hydrogens is 150 g/mol. The summed E-state index contributed by atoms with van der Waals surface area (Å²) in [6.07, 6.45) is 0.0746. The monoisotopic (exact) mass is 165 g/mol. The normalized spacial score (nSPS) is 9.73. The smallest absolute Gasteiger partial charge is 0.106 e. The Hall–Kier alpha value is -0.780. The molecule has 5 heteroatoms. The molecule has 0 heterocycles. The van der Waals surface area contributed by atoms with Crippen LogP contribution < -0.4 is 5.32 Å². The van der Waals surface area contributed by atoms with E-state index in [2.05, 4.69) is 5.32 Å². The van der Waals surface area contributed by atoms with E-state index in [1.165, 1.54) is 0 Å². The highest BCUT2D eigenvalue weighted by Crippen LogP contribution is 1.79. The van der Waals surface area contributed by atoms with Crippen molar-refractivity contribution in [2.24, 2.45) is 0 Å². The minimum atomic E-state index is -0.551. The molecule has 0 radical (unpaired) electrons. The fourth-order valence-electron chi connectivity index (χ4n) is 0.250. The number of hydrogen-bond donors (Lipinski definition) is 3. The van der Waals surface area contributed by atoms with Crippen molar-refractivity contribution < 1.29 is 19.8 Å². The largest absolute Gasteiger partial charge is 0.381 e. The molecule has 1 unspecified atom stereocenters. The van der Waals surface area contributed by atoms with Crippen molar-refractivity contribution in [1.82, 2.24) is 5.32 Å². The number of aliphatic hydroxyl groups is 2. The first-order valence-electron chi connectivity index (χ1n) is 2.91. The molecule has 0 fully saturated rings. The van der Waals surface area contributed by atoms with Gasteiger partial charge in [0, 0.05) is 0 Å². The Labute approximate surface area is 66.0 Å². The number of aliphatic hydroxyl groups excluding tert-OH is 2. The average Bonchev–Trinajstić information content (AvgIpc) is 2.12. The molecule has 1 atom stereocenters. The van der Waals surface area contributed by atoms with Gasteiger partial charge < -0.3 is 19.8 Å². The molecule has 0 bridgehead atoms. The summed E-state index contributed by atoms with van der Waals surface area (Å²) in [5.41, 5.74) is 0. The Bertz CT molecular complexity index is 60.5. The molecule has 11 heavy (non-hydrogen) atoms. The molecule has 0 aliphatic heterocycles. The maximum Gasteiger partial charge on any atom is 0.106 e. The van der Waals surface area contributed by atoms with Crippen LogP contribution in [0.1, 0.15) is 13.3 Å². The van der Waals surface area contributed by atoms with Crippen LogP contribution in [0.25, 0.3) is 0 Å². The van der Waals surface area contributed by atoms with Crippen LogP contribution in [0.5, 0.6) is 0 Å². The molecule has 0 saturated carbocycles. The van der Waals surface area contributed by atoms with Gasteiger partial charge in [-0.1, -0.05) is 6.92 Å². The first-order chi connectivity index (χ1) is 5.31. The van der Waals surface area contributed by atoms with Crippen LogP contribution >= 0.6 is 0 Å². The quantitative estimate of drug-likeness (QED) is 0.461. The second kappa shape index (κ2) is 22.9. The highest BCUT2D eigenvalue weighted by molar-refractivity contribution is 5.11. The van der Waals surface area contributed by atoms with Crippen LogP contribution in [0, 0.1) is 0 Å². The predicted octanol–water partition coefficient (Wildman–Crippen LogP) is -1.12. The maximum atomic E-state index is 8.59. The van der Waals surface area contributed by atoms with Crippen LogP contribution in [-0.2, 0) is 9.59 Å². The van der Waals surface area contributed by atoms with Gasteiger partial charge in [0.2, 0.25) is 0 Å². The molecule has 0 aliphatic carbocycles. The zero-order valence-electron chi connectivity index (χ0n) is 6.62. The third-order valence-corrected chi connectivity index (χ3v) is 0.714. The highest BCUT2D eigenvalue weighted by Gasteiger charge is 1.92. The lowest BCUT2D eigenvalue weighted by atomic mass is 10.4. The van der Waals surface area contributed by atoms with Crippen molar-refractivity contribution in [3.8, 4) is 0 Å². The number of hydrogen-bond acceptors (Lipinski definition) is 5. The molecule has 0 spiro atoms. The molecule has 0 aromatic heterocycles. The van der Waals surface area contributed by atoms with Gasteiger partial charge >= 0.3 is 0 Å². The first kappa shape index (κ1) is 16.7. The number of rotatable bonds is 3. The zero-order valence-corrected chi connectivity index (χ0v) is 6.62. The minimum Gasteiger partial charge on any atom is -0.381 e. The van der Waals surface area contributed by atoms with E-state index in [0.717, 1.165) is 0 Å². The topological polar surface area (TPSA) is 86.6 Å². The Morgan fingerprint density at radius 2 is 1.73 bits per heavy atom. The lowest BCUT2D eigenvalue weighted by Gasteiger charge is -2.04. The summed E-state index contributed by atoms with van der Waals surface area (Å²) in [4.78, 5) is 16.0. The first-order valence-corrected chi connectivity index (χ1v) is 2.91. The Balaban J connectivity index is -0.000000138. The van der Waals surface area contributed by atoms with E-state index < -0.39 is 6.23 Å². The third-order valence-electron chi connectivity index (χ3n) is 0.714. The van der Waals surface area contributed by atoms with Gasteiger partial charge in [-0.3, -0.25) is 5.32 Å². The van der Waals surface area contributed by atoms with Crippen LogP contribution in [0.15, 0.2) is 0 Å². The van der Waals surface area contributed by atoms with Crippen LogP contribution in [0.3, 0.4) is 0 Å². The van der Waals surface area contributed by atoms with Gasteiger partial charge in [0.05, 0.1) is 6.73 Å². The molecule has 0 aromatic carbocycles. The van der Waals surface area contributed by atoms with Gasteiger partial charge in [0.15, 0.2) is 0 Å². The minimum absolute atomic E-state index is 0.158. The lowest BCUT2D eigenvalue weighted by molar-refractivity contribution is -0.0987. The van der Waals surface area contributed by atoms with E-state index >= 15 is 0 Å². The van der Waals surface area contributed by atoms with Crippen molar-refractivity contribution in [3.63, 3.8) is 0 Å². The summed E-state index contributed by atoms with van der Waals surface area (Å²) in [5.74, 6) is 0. The molecule has 3 N–H and O–H groups in total. The summed E-state index contributed by atoms with van der Waals surface area (Å²) in [6, 6.07) is 0. The second-order valence-electron chi connectivity index (χ2n) is 1.29. The van der Waals surface area contributed by atoms with Gasteiger partial charge in [-0.05, 0) is 6.42 Å². The van der Waals surface area contributed by atoms with Gasteiger partial charge in [0.1, 0.15) is 19.8 Å². The summed E-state index contributed by atoms with van der Waals surface area (Å²) in [6.45, 7) is 5.67. The van der Waals surface area contributed by atoms with Crippen molar-refractivity contribution in [3.05, 3.63) is 0 Å². The molecule has 5 nitrogen and oxygen atoms in total. The second-order valence-corrected chi connectivity index (χ2v) is 1.29. The molecule has 0 rings (SSSR count). The molecule has 0 saturated heterocycles. The molecule has 0 aromatic rings. The van der Waals surface area contributed by atoms with Crippen molar-refractivity contribution >= 4 is 13.6 Å². The molecule has 68 valence electrons. The number of carbonyl (C=O) groups is 2. The summed E-state index contributed by atoms with van der Waals surface area (Å²) >= 11 is 0.